The minimum Gasteiger partial charge on any atom is -0.313 e. The zero-order valence-electron chi connectivity index (χ0n) is 11.7. The lowest BCUT2D eigenvalue weighted by atomic mass is 9.74. The van der Waals surface area contributed by atoms with Crippen LogP contribution in [0.5, 0.6) is 0 Å². The summed E-state index contributed by atoms with van der Waals surface area (Å²) < 4.78 is 0. The molecule has 2 fully saturated rings. The second kappa shape index (κ2) is 4.70. The van der Waals surface area contributed by atoms with Gasteiger partial charge in [0.15, 0.2) is 0 Å². The smallest absolute Gasteiger partial charge is 0.00789 e. The quantitative estimate of drug-likeness (QED) is 0.823. The Morgan fingerprint density at radius 2 is 1.94 bits per heavy atom. The Bertz CT molecular complexity index is 413. The number of benzene rings is 1. The Labute approximate surface area is 111 Å². The van der Waals surface area contributed by atoms with Gasteiger partial charge >= 0.3 is 0 Å². The molecule has 1 aromatic rings. The van der Waals surface area contributed by atoms with Crippen LogP contribution in [-0.2, 0) is 0 Å². The summed E-state index contributed by atoms with van der Waals surface area (Å²) in [7, 11) is 0. The van der Waals surface area contributed by atoms with Crippen molar-refractivity contribution in [2.45, 2.75) is 57.9 Å². The van der Waals surface area contributed by atoms with Crippen molar-refractivity contribution in [2.75, 3.05) is 6.54 Å². The van der Waals surface area contributed by atoms with Crippen LogP contribution in [0.25, 0.3) is 0 Å². The molecule has 2 aliphatic carbocycles. The van der Waals surface area contributed by atoms with Crippen LogP contribution >= 0.6 is 0 Å². The molecule has 0 radical (unpaired) electrons. The van der Waals surface area contributed by atoms with Gasteiger partial charge in [-0.2, -0.15) is 0 Å². The van der Waals surface area contributed by atoms with Crippen LogP contribution < -0.4 is 5.32 Å². The van der Waals surface area contributed by atoms with Crippen molar-refractivity contribution < 1.29 is 0 Å². The van der Waals surface area contributed by atoms with E-state index in [4.69, 9.17) is 0 Å². The third-order valence-corrected chi connectivity index (χ3v) is 5.24. The van der Waals surface area contributed by atoms with Gasteiger partial charge in [0.05, 0.1) is 0 Å². The summed E-state index contributed by atoms with van der Waals surface area (Å²) in [6, 6.07) is 9.65. The van der Waals surface area contributed by atoms with E-state index in [1.807, 2.05) is 0 Å². The molecule has 1 N–H and O–H groups in total. The molecule has 2 aliphatic rings. The first-order valence-corrected chi connectivity index (χ1v) is 7.51. The van der Waals surface area contributed by atoms with E-state index in [0.717, 1.165) is 12.0 Å². The Morgan fingerprint density at radius 3 is 2.56 bits per heavy atom. The summed E-state index contributed by atoms with van der Waals surface area (Å²) in [6.07, 6.45) is 6.93. The molecule has 0 aromatic heterocycles. The molecule has 0 atom stereocenters. The second-order valence-corrected chi connectivity index (χ2v) is 6.46. The van der Waals surface area contributed by atoms with Crippen molar-refractivity contribution in [3.63, 3.8) is 0 Å². The molecule has 1 nitrogen and oxygen atoms in total. The van der Waals surface area contributed by atoms with Gasteiger partial charge in [-0.05, 0) is 61.5 Å². The molecule has 1 aromatic carbocycles. The van der Waals surface area contributed by atoms with Gasteiger partial charge in [-0.15, -0.1) is 0 Å². The first kappa shape index (κ1) is 12.2. The number of aryl methyl sites for hydroxylation is 1. The fraction of sp³-hybridized carbons (Fsp3) is 0.647. The number of nitrogens with one attached hydrogen (secondary N) is 1. The van der Waals surface area contributed by atoms with Crippen molar-refractivity contribution in [3.05, 3.63) is 35.4 Å². The standard InChI is InChI=1S/C17H25N/c1-3-17(8-9-17)12-18-15-10-14(11-15)16-7-5-4-6-13(16)2/h4-7,14-15,18H,3,8-12H2,1-2H3. The van der Waals surface area contributed by atoms with E-state index >= 15 is 0 Å². The van der Waals surface area contributed by atoms with Gasteiger partial charge in [0.1, 0.15) is 0 Å². The van der Waals surface area contributed by atoms with Gasteiger partial charge in [0, 0.05) is 12.6 Å². The molecule has 1 heteroatoms. The highest BCUT2D eigenvalue weighted by molar-refractivity contribution is 5.31. The predicted molar refractivity (Wildman–Crippen MR) is 76.9 cm³/mol. The summed E-state index contributed by atoms with van der Waals surface area (Å²) in [5.74, 6) is 0.806. The topological polar surface area (TPSA) is 12.0 Å². The molecular formula is C17H25N. The van der Waals surface area contributed by atoms with Crippen molar-refractivity contribution in [1.29, 1.82) is 0 Å². The lowest BCUT2D eigenvalue weighted by molar-refractivity contribution is 0.268. The Balaban J connectivity index is 1.47. The van der Waals surface area contributed by atoms with Crippen LogP contribution in [0, 0.1) is 12.3 Å². The van der Waals surface area contributed by atoms with Gasteiger partial charge < -0.3 is 5.32 Å². The molecule has 18 heavy (non-hydrogen) atoms. The van der Waals surface area contributed by atoms with Crippen LogP contribution in [0.15, 0.2) is 24.3 Å². The summed E-state index contributed by atoms with van der Waals surface area (Å²) in [6.45, 7) is 5.84. The molecule has 0 bridgehead atoms. The van der Waals surface area contributed by atoms with Crippen LogP contribution in [0.3, 0.4) is 0 Å². The van der Waals surface area contributed by atoms with Crippen LogP contribution in [0.4, 0.5) is 0 Å². The van der Waals surface area contributed by atoms with Crippen molar-refractivity contribution in [2.24, 2.45) is 5.41 Å². The molecule has 3 rings (SSSR count). The van der Waals surface area contributed by atoms with E-state index in [1.54, 1.807) is 5.56 Å². The Kier molecular flexibility index (Phi) is 3.19. The molecule has 0 spiro atoms. The highest BCUT2D eigenvalue weighted by Crippen LogP contribution is 2.48. The van der Waals surface area contributed by atoms with E-state index < -0.39 is 0 Å². The minimum absolute atomic E-state index is 0.688. The average Bonchev–Trinajstić information content (AvgIpc) is 3.10. The highest BCUT2D eigenvalue weighted by atomic mass is 15.0. The molecular weight excluding hydrogens is 218 g/mol. The molecule has 0 saturated heterocycles. The van der Waals surface area contributed by atoms with Gasteiger partial charge in [-0.25, -0.2) is 0 Å². The minimum atomic E-state index is 0.688. The summed E-state index contributed by atoms with van der Waals surface area (Å²) >= 11 is 0. The first-order chi connectivity index (χ1) is 8.72. The van der Waals surface area contributed by atoms with Gasteiger partial charge in [0.25, 0.3) is 0 Å². The van der Waals surface area contributed by atoms with Crippen molar-refractivity contribution in [1.82, 2.24) is 5.32 Å². The monoisotopic (exact) mass is 243 g/mol. The van der Waals surface area contributed by atoms with Crippen molar-refractivity contribution >= 4 is 0 Å². The molecule has 98 valence electrons. The maximum absolute atomic E-state index is 3.79. The fourth-order valence-corrected chi connectivity index (χ4v) is 3.28. The van der Waals surface area contributed by atoms with Gasteiger partial charge in [0.2, 0.25) is 0 Å². The number of hydrogen-bond acceptors (Lipinski definition) is 1. The van der Waals surface area contributed by atoms with Gasteiger partial charge in [-0.3, -0.25) is 0 Å². The number of rotatable bonds is 5. The maximum Gasteiger partial charge on any atom is 0.00789 e. The average molecular weight is 243 g/mol. The van der Waals surface area contributed by atoms with Crippen LogP contribution in [-0.4, -0.2) is 12.6 Å². The SMILES string of the molecule is CCC1(CNC2CC(c3ccccc3C)C2)CC1. The Hall–Kier alpha value is -0.820. The van der Waals surface area contributed by atoms with E-state index in [2.05, 4.69) is 43.4 Å². The molecule has 0 heterocycles. The molecule has 0 amide bonds. The normalized spacial score (nSPS) is 28.8. The van der Waals surface area contributed by atoms with E-state index in [-0.39, 0.29) is 0 Å². The third-order valence-electron chi connectivity index (χ3n) is 5.24. The van der Waals surface area contributed by atoms with Gasteiger partial charge in [-0.1, -0.05) is 31.2 Å². The number of hydrogen-bond donors (Lipinski definition) is 1. The lowest BCUT2D eigenvalue weighted by Gasteiger charge is -2.38. The zero-order valence-corrected chi connectivity index (χ0v) is 11.7. The predicted octanol–water partition coefficient (Wildman–Crippen LogP) is 4.02. The highest BCUT2D eigenvalue weighted by Gasteiger charge is 2.41. The van der Waals surface area contributed by atoms with E-state index in [1.165, 1.54) is 44.2 Å². The first-order valence-electron chi connectivity index (χ1n) is 7.51. The molecule has 0 unspecified atom stereocenters. The largest absolute Gasteiger partial charge is 0.313 e. The van der Waals surface area contributed by atoms with E-state index in [9.17, 15) is 0 Å². The maximum atomic E-state index is 3.79. The molecule has 0 aliphatic heterocycles. The lowest BCUT2D eigenvalue weighted by Crippen LogP contribution is -2.42. The third kappa shape index (κ3) is 2.33. The zero-order chi connectivity index (χ0) is 12.6. The Morgan fingerprint density at radius 1 is 1.22 bits per heavy atom. The second-order valence-electron chi connectivity index (χ2n) is 6.46. The molecule has 2 saturated carbocycles. The fourth-order valence-electron chi connectivity index (χ4n) is 3.28. The summed E-state index contributed by atoms with van der Waals surface area (Å²) in [4.78, 5) is 0. The summed E-state index contributed by atoms with van der Waals surface area (Å²) in [5.41, 5.74) is 3.73. The van der Waals surface area contributed by atoms with E-state index in [0.29, 0.717) is 5.41 Å². The van der Waals surface area contributed by atoms with Crippen LogP contribution in [0.1, 0.15) is 56.1 Å². The van der Waals surface area contributed by atoms with Crippen LogP contribution in [0.2, 0.25) is 0 Å². The summed E-state index contributed by atoms with van der Waals surface area (Å²) in [5, 5.41) is 3.79. The van der Waals surface area contributed by atoms with Crippen molar-refractivity contribution in [3.8, 4) is 0 Å².